The molecular formula is C19H27NO8. The van der Waals surface area contributed by atoms with Crippen molar-refractivity contribution in [2.75, 3.05) is 13.7 Å². The molecule has 6 atom stereocenters. The molecule has 1 unspecified atom stereocenters. The van der Waals surface area contributed by atoms with Crippen LogP contribution in [0.2, 0.25) is 0 Å². The third-order valence-corrected chi connectivity index (χ3v) is 4.37. The molecule has 1 heterocycles. The second kappa shape index (κ2) is 10.5. The zero-order valence-electron chi connectivity index (χ0n) is 16.1. The van der Waals surface area contributed by atoms with Crippen molar-refractivity contribution in [2.45, 2.75) is 57.2 Å². The van der Waals surface area contributed by atoms with Crippen molar-refractivity contribution in [3.8, 4) is 0 Å². The normalized spacial score (nSPS) is 28.4. The second-order valence-corrected chi connectivity index (χ2v) is 6.51. The zero-order valence-corrected chi connectivity index (χ0v) is 16.1. The van der Waals surface area contributed by atoms with Crippen molar-refractivity contribution in [1.29, 1.82) is 0 Å². The number of aliphatic hydroxyl groups is 2. The summed E-state index contributed by atoms with van der Waals surface area (Å²) in [7, 11) is 1.36. The molecule has 1 aliphatic heterocycles. The largest absolute Gasteiger partial charge is 0.459 e. The second-order valence-electron chi connectivity index (χ2n) is 6.51. The average molecular weight is 397 g/mol. The molecule has 28 heavy (non-hydrogen) atoms. The lowest BCUT2D eigenvalue weighted by Crippen LogP contribution is -2.65. The summed E-state index contributed by atoms with van der Waals surface area (Å²) in [5.41, 5.74) is 0.824. The van der Waals surface area contributed by atoms with E-state index in [1.54, 1.807) is 0 Å². The van der Waals surface area contributed by atoms with E-state index < -0.39 is 55.2 Å². The fraction of sp³-hybridized carbons (Fsp3) is 0.579. The van der Waals surface area contributed by atoms with Crippen LogP contribution in [0.5, 0.6) is 0 Å². The number of hydrogen-bond donors (Lipinski definition) is 3. The molecule has 0 saturated carbocycles. The molecule has 9 heteroatoms. The van der Waals surface area contributed by atoms with Crippen molar-refractivity contribution in [3.05, 3.63) is 35.9 Å². The van der Waals surface area contributed by atoms with Gasteiger partial charge in [-0.1, -0.05) is 30.3 Å². The van der Waals surface area contributed by atoms with Crippen LogP contribution in [0.1, 0.15) is 19.4 Å². The number of esters is 1. The number of nitrogens with one attached hydrogen (secondary N) is 1. The molecule has 1 aliphatic rings. The van der Waals surface area contributed by atoms with Crippen LogP contribution in [0.25, 0.3) is 0 Å². The maximum absolute atomic E-state index is 12.3. The predicted molar refractivity (Wildman–Crippen MR) is 96.9 cm³/mol. The molecule has 156 valence electrons. The van der Waals surface area contributed by atoms with Crippen LogP contribution in [0.3, 0.4) is 0 Å². The van der Waals surface area contributed by atoms with E-state index in [1.807, 2.05) is 30.3 Å². The highest BCUT2D eigenvalue weighted by molar-refractivity contribution is 5.74. The summed E-state index contributed by atoms with van der Waals surface area (Å²) in [6.45, 7) is 2.38. The SMILES string of the molecule is COC1O[C@H](CO)[C@@H](O)[C@H](O[C@H](C)C(=O)OCc2ccccc2)[C@H]1NC(C)=O. The van der Waals surface area contributed by atoms with E-state index in [-0.39, 0.29) is 6.61 Å². The van der Waals surface area contributed by atoms with E-state index in [2.05, 4.69) is 5.32 Å². The average Bonchev–Trinajstić information content (AvgIpc) is 2.69. The minimum Gasteiger partial charge on any atom is -0.459 e. The Bertz CT molecular complexity index is 640. The third-order valence-electron chi connectivity index (χ3n) is 4.37. The van der Waals surface area contributed by atoms with Gasteiger partial charge in [0.15, 0.2) is 12.4 Å². The molecule has 0 bridgehead atoms. The first-order valence-corrected chi connectivity index (χ1v) is 8.97. The van der Waals surface area contributed by atoms with Crippen LogP contribution in [-0.2, 0) is 35.1 Å². The van der Waals surface area contributed by atoms with Gasteiger partial charge in [-0.2, -0.15) is 0 Å². The highest BCUT2D eigenvalue weighted by Crippen LogP contribution is 2.25. The Balaban J connectivity index is 2.06. The zero-order chi connectivity index (χ0) is 20.7. The van der Waals surface area contributed by atoms with Gasteiger partial charge in [0.25, 0.3) is 0 Å². The lowest BCUT2D eigenvalue weighted by molar-refractivity contribution is -0.275. The van der Waals surface area contributed by atoms with Gasteiger partial charge in [-0.3, -0.25) is 4.79 Å². The molecule has 0 aliphatic carbocycles. The summed E-state index contributed by atoms with van der Waals surface area (Å²) in [4.78, 5) is 23.9. The van der Waals surface area contributed by atoms with E-state index in [9.17, 15) is 19.8 Å². The number of carbonyl (C=O) groups is 2. The lowest BCUT2D eigenvalue weighted by atomic mass is 9.96. The predicted octanol–water partition coefficient (Wildman–Crippen LogP) is -0.267. The number of methoxy groups -OCH3 is 1. The van der Waals surface area contributed by atoms with Gasteiger partial charge < -0.3 is 34.5 Å². The molecule has 1 fully saturated rings. The first kappa shape index (κ1) is 22.3. The summed E-state index contributed by atoms with van der Waals surface area (Å²) < 4.78 is 21.6. The van der Waals surface area contributed by atoms with E-state index >= 15 is 0 Å². The molecule has 1 aromatic rings. The van der Waals surface area contributed by atoms with Crippen LogP contribution in [-0.4, -0.2) is 72.6 Å². The Morgan fingerprint density at radius 1 is 1.29 bits per heavy atom. The maximum atomic E-state index is 12.3. The van der Waals surface area contributed by atoms with E-state index in [4.69, 9.17) is 18.9 Å². The van der Waals surface area contributed by atoms with Crippen molar-refractivity contribution >= 4 is 11.9 Å². The molecular weight excluding hydrogens is 370 g/mol. The van der Waals surface area contributed by atoms with Gasteiger partial charge in [0.05, 0.1) is 6.61 Å². The number of hydrogen-bond acceptors (Lipinski definition) is 8. The maximum Gasteiger partial charge on any atom is 0.335 e. The van der Waals surface area contributed by atoms with Crippen LogP contribution >= 0.6 is 0 Å². The minimum absolute atomic E-state index is 0.0821. The van der Waals surface area contributed by atoms with Gasteiger partial charge in [-0.15, -0.1) is 0 Å². The molecule has 1 amide bonds. The fourth-order valence-corrected chi connectivity index (χ4v) is 2.96. The Hall–Kier alpha value is -2.04. The number of carbonyl (C=O) groups excluding carboxylic acids is 2. The van der Waals surface area contributed by atoms with Gasteiger partial charge in [0.2, 0.25) is 5.91 Å². The third kappa shape index (κ3) is 5.73. The lowest BCUT2D eigenvalue weighted by Gasteiger charge is -2.44. The van der Waals surface area contributed by atoms with Gasteiger partial charge >= 0.3 is 5.97 Å². The number of aliphatic hydroxyl groups excluding tert-OH is 2. The summed E-state index contributed by atoms with van der Waals surface area (Å²) in [6.07, 6.45) is -5.35. The number of ether oxygens (including phenoxy) is 4. The van der Waals surface area contributed by atoms with Crippen LogP contribution in [0.4, 0.5) is 0 Å². The summed E-state index contributed by atoms with van der Waals surface area (Å²) in [5, 5.41) is 22.5. The number of amides is 1. The minimum atomic E-state index is -1.29. The molecule has 2 rings (SSSR count). The monoisotopic (exact) mass is 397 g/mol. The standard InChI is InChI=1S/C19H27NO8/c1-11(18(24)26-10-13-7-5-4-6-8-13)27-17-15(20-12(2)22)19(25-3)28-14(9-21)16(17)23/h4-8,11,14-17,19,21,23H,9-10H2,1-3H3,(H,20,22)/t11-,14-,15-,16-,17-,19?/m1/s1. The number of benzene rings is 1. The van der Waals surface area contributed by atoms with E-state index in [0.29, 0.717) is 0 Å². The van der Waals surface area contributed by atoms with Gasteiger partial charge in [0, 0.05) is 14.0 Å². The topological polar surface area (TPSA) is 124 Å². The Labute approximate surface area is 163 Å². The Kier molecular flexibility index (Phi) is 8.34. The Morgan fingerprint density at radius 2 is 1.96 bits per heavy atom. The first-order valence-electron chi connectivity index (χ1n) is 8.97. The highest BCUT2D eigenvalue weighted by atomic mass is 16.7. The molecule has 0 aromatic heterocycles. The molecule has 3 N–H and O–H groups in total. The number of rotatable bonds is 8. The van der Waals surface area contributed by atoms with Gasteiger partial charge in [-0.05, 0) is 12.5 Å². The molecule has 0 spiro atoms. The van der Waals surface area contributed by atoms with E-state index in [1.165, 1.54) is 21.0 Å². The highest BCUT2D eigenvalue weighted by Gasteiger charge is 2.47. The smallest absolute Gasteiger partial charge is 0.335 e. The molecule has 0 radical (unpaired) electrons. The van der Waals surface area contributed by atoms with Gasteiger partial charge in [0.1, 0.15) is 31.0 Å². The summed E-state index contributed by atoms with van der Waals surface area (Å²) in [6, 6.07) is 8.28. The molecule has 1 saturated heterocycles. The molecule has 1 aromatic carbocycles. The van der Waals surface area contributed by atoms with Crippen molar-refractivity contribution < 1.29 is 38.7 Å². The van der Waals surface area contributed by atoms with Crippen LogP contribution in [0.15, 0.2) is 30.3 Å². The first-order chi connectivity index (χ1) is 13.4. The van der Waals surface area contributed by atoms with E-state index in [0.717, 1.165) is 5.56 Å². The summed E-state index contributed by atoms with van der Waals surface area (Å²) in [5.74, 6) is -1.02. The van der Waals surface area contributed by atoms with Crippen molar-refractivity contribution in [1.82, 2.24) is 5.32 Å². The van der Waals surface area contributed by atoms with Crippen molar-refractivity contribution in [2.24, 2.45) is 0 Å². The molecule has 9 nitrogen and oxygen atoms in total. The van der Waals surface area contributed by atoms with Crippen LogP contribution < -0.4 is 5.32 Å². The quantitative estimate of drug-likeness (QED) is 0.513. The van der Waals surface area contributed by atoms with Crippen LogP contribution in [0, 0.1) is 0 Å². The van der Waals surface area contributed by atoms with Gasteiger partial charge in [-0.25, -0.2) is 4.79 Å². The summed E-state index contributed by atoms with van der Waals surface area (Å²) >= 11 is 0. The fourth-order valence-electron chi connectivity index (χ4n) is 2.96. The Morgan fingerprint density at radius 3 is 2.54 bits per heavy atom. The van der Waals surface area contributed by atoms with Crippen molar-refractivity contribution in [3.63, 3.8) is 0 Å².